The molecule has 2 aromatic carbocycles. The van der Waals surface area contributed by atoms with E-state index in [1.165, 1.54) is 13.2 Å². The van der Waals surface area contributed by atoms with E-state index in [4.69, 9.17) is 4.74 Å². The quantitative estimate of drug-likeness (QED) is 0.419. The first-order chi connectivity index (χ1) is 14.7. The first-order valence-corrected chi connectivity index (χ1v) is 10.4. The zero-order chi connectivity index (χ0) is 22.3. The van der Waals surface area contributed by atoms with Crippen LogP contribution in [0.2, 0.25) is 0 Å². The highest BCUT2D eigenvalue weighted by Gasteiger charge is 2.36. The summed E-state index contributed by atoms with van der Waals surface area (Å²) in [6.07, 6.45) is 1.11. The van der Waals surface area contributed by atoms with Crippen molar-refractivity contribution in [2.24, 2.45) is 5.41 Å². The molecule has 0 spiro atoms. The maximum absolute atomic E-state index is 15.0. The molecule has 4 rings (SSSR count). The van der Waals surface area contributed by atoms with Crippen molar-refractivity contribution in [1.82, 2.24) is 4.57 Å². The van der Waals surface area contributed by atoms with Gasteiger partial charge in [0.15, 0.2) is 5.78 Å². The van der Waals surface area contributed by atoms with E-state index in [2.05, 4.69) is 25.0 Å². The summed E-state index contributed by atoms with van der Waals surface area (Å²) < 4.78 is 21.9. The molecule has 1 aliphatic carbocycles. The molecule has 0 saturated carbocycles. The Morgan fingerprint density at radius 2 is 1.87 bits per heavy atom. The zero-order valence-corrected chi connectivity index (χ0v) is 18.1. The number of methoxy groups -OCH3 is 1. The van der Waals surface area contributed by atoms with Crippen molar-refractivity contribution in [2.45, 2.75) is 39.7 Å². The molecule has 0 fully saturated rings. The standard InChI is InChI=1S/C26H26FNO3/c1-16(25(30)31-4)12-18-19(27)10-11-20-23(18)24-21(13-26(2,3)14-22(24)29)28(20)15-17-8-6-5-7-9-17/h5-11H,1,12-15H2,2-4H3. The molecule has 160 valence electrons. The fourth-order valence-electron chi connectivity index (χ4n) is 4.61. The minimum atomic E-state index is -0.582. The molecular weight excluding hydrogens is 393 g/mol. The van der Waals surface area contributed by atoms with Gasteiger partial charge in [-0.1, -0.05) is 50.8 Å². The van der Waals surface area contributed by atoms with Crippen LogP contribution in [0.5, 0.6) is 0 Å². The average Bonchev–Trinajstić information content (AvgIpc) is 3.02. The first kappa shape index (κ1) is 21.0. The third-order valence-electron chi connectivity index (χ3n) is 6.00. The molecule has 1 heterocycles. The lowest BCUT2D eigenvalue weighted by atomic mass is 9.75. The molecule has 0 bridgehead atoms. The van der Waals surface area contributed by atoms with Crippen molar-refractivity contribution in [3.63, 3.8) is 0 Å². The summed E-state index contributed by atoms with van der Waals surface area (Å²) in [7, 11) is 1.27. The summed E-state index contributed by atoms with van der Waals surface area (Å²) in [5, 5.41) is 0.594. The van der Waals surface area contributed by atoms with Crippen molar-refractivity contribution >= 4 is 22.7 Å². The Labute approximate surface area is 181 Å². The maximum Gasteiger partial charge on any atom is 0.333 e. The van der Waals surface area contributed by atoms with Crippen LogP contribution in [0.4, 0.5) is 4.39 Å². The summed E-state index contributed by atoms with van der Waals surface area (Å²) in [4.78, 5) is 25.2. The third-order valence-corrected chi connectivity index (χ3v) is 6.00. The van der Waals surface area contributed by atoms with Crippen molar-refractivity contribution in [3.8, 4) is 0 Å². The van der Waals surface area contributed by atoms with Gasteiger partial charge in [0.2, 0.25) is 0 Å². The molecule has 0 saturated heterocycles. The van der Waals surface area contributed by atoms with Gasteiger partial charge in [-0.3, -0.25) is 4.79 Å². The van der Waals surface area contributed by atoms with Crippen LogP contribution < -0.4 is 0 Å². The number of ketones is 1. The highest BCUT2D eigenvalue weighted by atomic mass is 19.1. The Kier molecular flexibility index (Phi) is 5.29. The van der Waals surface area contributed by atoms with Crippen molar-refractivity contribution in [1.29, 1.82) is 0 Å². The maximum atomic E-state index is 15.0. The molecule has 5 heteroatoms. The van der Waals surface area contributed by atoms with Gasteiger partial charge in [-0.2, -0.15) is 0 Å². The zero-order valence-electron chi connectivity index (χ0n) is 18.1. The van der Waals surface area contributed by atoms with Crippen molar-refractivity contribution in [2.75, 3.05) is 7.11 Å². The molecule has 4 nitrogen and oxygen atoms in total. The Morgan fingerprint density at radius 1 is 1.16 bits per heavy atom. The molecule has 0 atom stereocenters. The summed E-state index contributed by atoms with van der Waals surface area (Å²) in [5.74, 6) is -1.02. The molecular formula is C26H26FNO3. The summed E-state index contributed by atoms with van der Waals surface area (Å²) >= 11 is 0. The lowest BCUT2D eigenvalue weighted by Crippen LogP contribution is -2.28. The topological polar surface area (TPSA) is 48.3 Å². The van der Waals surface area contributed by atoms with E-state index in [0.29, 0.717) is 35.9 Å². The first-order valence-electron chi connectivity index (χ1n) is 10.4. The summed E-state index contributed by atoms with van der Waals surface area (Å²) in [6.45, 7) is 8.51. The molecule has 0 N–H and O–H groups in total. The van der Waals surface area contributed by atoms with Crippen molar-refractivity contribution in [3.05, 3.63) is 82.8 Å². The Bertz CT molecular complexity index is 1200. The summed E-state index contributed by atoms with van der Waals surface area (Å²) in [5.41, 5.74) is 3.71. The van der Waals surface area contributed by atoms with Crippen LogP contribution in [-0.2, 0) is 28.9 Å². The number of fused-ring (bicyclic) bond motifs is 3. The number of esters is 1. The monoisotopic (exact) mass is 419 g/mol. The predicted octanol–water partition coefficient (Wildman–Crippen LogP) is 5.26. The number of halogens is 1. The van der Waals surface area contributed by atoms with Crippen LogP contribution in [-0.4, -0.2) is 23.4 Å². The SMILES string of the molecule is C=C(Cc1c(F)ccc2c1c1c(n2Cc2ccccc2)CC(C)(C)CC1=O)C(=O)OC. The molecule has 1 aromatic heterocycles. The van der Waals surface area contributed by atoms with E-state index in [1.54, 1.807) is 6.07 Å². The minimum absolute atomic E-state index is 0.00564. The minimum Gasteiger partial charge on any atom is -0.466 e. The number of aromatic nitrogens is 1. The van der Waals surface area contributed by atoms with E-state index < -0.39 is 11.8 Å². The van der Waals surface area contributed by atoms with Gasteiger partial charge in [-0.15, -0.1) is 0 Å². The lowest BCUT2D eigenvalue weighted by molar-refractivity contribution is -0.136. The predicted molar refractivity (Wildman–Crippen MR) is 119 cm³/mol. The van der Waals surface area contributed by atoms with Crippen LogP contribution in [0.15, 0.2) is 54.6 Å². The van der Waals surface area contributed by atoms with Gasteiger partial charge in [-0.05, 0) is 29.5 Å². The highest BCUT2D eigenvalue weighted by molar-refractivity contribution is 6.12. The molecule has 0 amide bonds. The van der Waals surface area contributed by atoms with E-state index in [0.717, 1.165) is 16.8 Å². The Morgan fingerprint density at radius 3 is 2.55 bits per heavy atom. The molecule has 0 aliphatic heterocycles. The smallest absolute Gasteiger partial charge is 0.333 e. The van der Waals surface area contributed by atoms with E-state index in [1.807, 2.05) is 30.3 Å². The fraction of sp³-hybridized carbons (Fsp3) is 0.308. The Balaban J connectivity index is 1.97. The number of ether oxygens (including phenoxy) is 1. The van der Waals surface area contributed by atoms with Gasteiger partial charge in [0, 0.05) is 52.7 Å². The highest BCUT2D eigenvalue weighted by Crippen LogP contribution is 2.42. The number of Topliss-reactive ketones (excluding diaryl/α,β-unsaturated/α-hetero) is 1. The Hall–Kier alpha value is -3.21. The van der Waals surface area contributed by atoms with Crippen LogP contribution in [0.1, 0.15) is 47.4 Å². The molecule has 31 heavy (non-hydrogen) atoms. The summed E-state index contributed by atoms with van der Waals surface area (Å²) in [6, 6.07) is 13.1. The van der Waals surface area contributed by atoms with Gasteiger partial charge >= 0.3 is 5.97 Å². The van der Waals surface area contributed by atoms with Gasteiger partial charge < -0.3 is 9.30 Å². The number of benzene rings is 2. The van der Waals surface area contributed by atoms with Crippen LogP contribution in [0.25, 0.3) is 10.9 Å². The number of carbonyl (C=O) groups is 2. The average molecular weight is 419 g/mol. The van der Waals surface area contributed by atoms with Crippen molar-refractivity contribution < 1.29 is 18.7 Å². The van der Waals surface area contributed by atoms with E-state index >= 15 is 4.39 Å². The van der Waals surface area contributed by atoms with Crippen LogP contribution >= 0.6 is 0 Å². The lowest BCUT2D eigenvalue weighted by Gasteiger charge is -2.30. The van der Waals surface area contributed by atoms with Crippen LogP contribution in [0.3, 0.4) is 0 Å². The van der Waals surface area contributed by atoms with Crippen LogP contribution in [0, 0.1) is 11.2 Å². The molecule has 0 unspecified atom stereocenters. The second kappa shape index (κ2) is 7.80. The van der Waals surface area contributed by atoms with E-state index in [9.17, 15) is 9.59 Å². The molecule has 3 aromatic rings. The normalized spacial score (nSPS) is 15.0. The van der Waals surface area contributed by atoms with Gasteiger partial charge in [0.25, 0.3) is 0 Å². The van der Waals surface area contributed by atoms with Gasteiger partial charge in [0.05, 0.1) is 7.11 Å². The second-order valence-electron chi connectivity index (χ2n) is 9.03. The molecule has 1 aliphatic rings. The fourth-order valence-corrected chi connectivity index (χ4v) is 4.61. The number of nitrogens with zero attached hydrogens (tertiary/aromatic N) is 1. The number of rotatable bonds is 5. The largest absolute Gasteiger partial charge is 0.466 e. The second-order valence-corrected chi connectivity index (χ2v) is 9.03. The molecule has 0 radical (unpaired) electrons. The number of hydrogen-bond donors (Lipinski definition) is 0. The van der Waals surface area contributed by atoms with Gasteiger partial charge in [-0.25, -0.2) is 9.18 Å². The number of carbonyl (C=O) groups excluding carboxylic acids is 2. The number of hydrogen-bond acceptors (Lipinski definition) is 3. The van der Waals surface area contributed by atoms with Gasteiger partial charge in [0.1, 0.15) is 5.82 Å². The van der Waals surface area contributed by atoms with E-state index in [-0.39, 0.29) is 23.2 Å². The third kappa shape index (κ3) is 3.80.